The van der Waals surface area contributed by atoms with E-state index >= 15 is 0 Å². The first-order valence-electron chi connectivity index (χ1n) is 7.71. The maximum absolute atomic E-state index is 12.4. The van der Waals surface area contributed by atoms with Crippen LogP contribution in [0.2, 0.25) is 0 Å². The fourth-order valence-electron chi connectivity index (χ4n) is 2.99. The van der Waals surface area contributed by atoms with Crippen LogP contribution in [-0.2, 0) is 4.79 Å². The lowest BCUT2D eigenvalue weighted by Crippen LogP contribution is -2.47. The molecule has 7 nitrogen and oxygen atoms in total. The number of nitrogens with one attached hydrogen (secondary N) is 1. The molecule has 3 rings (SSSR count). The van der Waals surface area contributed by atoms with Gasteiger partial charge in [0.1, 0.15) is 5.69 Å². The zero-order valence-electron chi connectivity index (χ0n) is 12.7. The molecule has 0 saturated heterocycles. The zero-order chi connectivity index (χ0) is 16.2. The molecule has 0 aliphatic heterocycles. The Hall–Kier alpha value is -2.70. The van der Waals surface area contributed by atoms with Gasteiger partial charge in [0.25, 0.3) is 5.91 Å². The number of aromatic nitrogens is 3. The minimum atomic E-state index is -0.353. The highest BCUT2D eigenvalue weighted by atomic mass is 16.2. The van der Waals surface area contributed by atoms with E-state index in [0.29, 0.717) is 5.69 Å². The van der Waals surface area contributed by atoms with E-state index in [-0.39, 0.29) is 23.8 Å². The first-order valence-corrected chi connectivity index (χ1v) is 7.71. The average Bonchev–Trinajstić information content (AvgIpc) is 3.10. The largest absolute Gasteiger partial charge is 0.369 e. The predicted molar refractivity (Wildman–Crippen MR) is 83.8 cm³/mol. The fraction of sp³-hybridized carbons (Fsp3) is 0.375. The summed E-state index contributed by atoms with van der Waals surface area (Å²) in [7, 11) is 0. The molecule has 120 valence electrons. The number of primary amides is 1. The van der Waals surface area contributed by atoms with Crippen LogP contribution in [0.25, 0.3) is 5.69 Å². The Morgan fingerprint density at radius 2 is 2.09 bits per heavy atom. The van der Waals surface area contributed by atoms with E-state index in [2.05, 4.69) is 15.4 Å². The minimum absolute atomic E-state index is 0.219. The van der Waals surface area contributed by atoms with Gasteiger partial charge in [-0.3, -0.25) is 14.6 Å². The summed E-state index contributed by atoms with van der Waals surface area (Å²) in [5, 5.41) is 7.04. The van der Waals surface area contributed by atoms with E-state index in [4.69, 9.17) is 5.73 Å². The fourth-order valence-corrected chi connectivity index (χ4v) is 2.99. The summed E-state index contributed by atoms with van der Waals surface area (Å²) in [4.78, 5) is 28.1. The van der Waals surface area contributed by atoms with Gasteiger partial charge >= 0.3 is 0 Å². The molecule has 1 saturated carbocycles. The van der Waals surface area contributed by atoms with E-state index in [1.165, 1.54) is 0 Å². The molecule has 0 radical (unpaired) electrons. The van der Waals surface area contributed by atoms with E-state index in [9.17, 15) is 9.59 Å². The minimum Gasteiger partial charge on any atom is -0.369 e. The molecule has 2 amide bonds. The molecule has 2 aromatic heterocycles. The van der Waals surface area contributed by atoms with Crippen molar-refractivity contribution in [1.29, 1.82) is 0 Å². The third-order valence-electron chi connectivity index (χ3n) is 4.19. The Kier molecular flexibility index (Phi) is 4.36. The lowest BCUT2D eigenvalue weighted by Gasteiger charge is -2.29. The van der Waals surface area contributed by atoms with Crippen molar-refractivity contribution in [2.45, 2.75) is 31.7 Å². The van der Waals surface area contributed by atoms with Gasteiger partial charge in [0.05, 0.1) is 11.6 Å². The number of nitrogens with zero attached hydrogens (tertiary/aromatic N) is 3. The lowest BCUT2D eigenvalue weighted by molar-refractivity contribution is -0.123. The van der Waals surface area contributed by atoms with Gasteiger partial charge in [-0.05, 0) is 31.0 Å². The van der Waals surface area contributed by atoms with E-state index in [1.54, 1.807) is 41.5 Å². The van der Waals surface area contributed by atoms with Gasteiger partial charge in [0, 0.05) is 24.6 Å². The molecule has 2 atom stereocenters. The second-order valence-electron chi connectivity index (χ2n) is 5.72. The monoisotopic (exact) mass is 313 g/mol. The number of carbonyl (C=O) groups excluding carboxylic acids is 2. The number of pyridine rings is 1. The smallest absolute Gasteiger partial charge is 0.270 e. The van der Waals surface area contributed by atoms with Crippen LogP contribution in [-0.4, -0.2) is 32.6 Å². The van der Waals surface area contributed by atoms with Gasteiger partial charge in [0.2, 0.25) is 5.91 Å². The molecule has 1 aliphatic carbocycles. The van der Waals surface area contributed by atoms with Crippen LogP contribution >= 0.6 is 0 Å². The van der Waals surface area contributed by atoms with Crippen LogP contribution in [0.1, 0.15) is 36.2 Å². The summed E-state index contributed by atoms with van der Waals surface area (Å²) in [5.74, 6) is -0.951. The number of rotatable bonds is 4. The molecule has 0 bridgehead atoms. The van der Waals surface area contributed by atoms with Crippen LogP contribution in [0.4, 0.5) is 0 Å². The normalized spacial score (nSPS) is 20.9. The Morgan fingerprint density at radius 3 is 2.83 bits per heavy atom. The molecule has 23 heavy (non-hydrogen) atoms. The third kappa shape index (κ3) is 3.39. The van der Waals surface area contributed by atoms with E-state index < -0.39 is 0 Å². The SMILES string of the molecule is NC(=O)[C@@H]1CCCC[C@H]1NC(=O)c1cc(-n2cccn2)ccn1. The summed E-state index contributed by atoms with van der Waals surface area (Å²) in [5.41, 5.74) is 6.50. The maximum atomic E-state index is 12.4. The van der Waals surface area contributed by atoms with Gasteiger partial charge in [-0.15, -0.1) is 0 Å². The van der Waals surface area contributed by atoms with Crippen molar-refractivity contribution >= 4 is 11.8 Å². The lowest BCUT2D eigenvalue weighted by atomic mass is 9.84. The summed E-state index contributed by atoms with van der Waals surface area (Å²) >= 11 is 0. The number of carbonyl (C=O) groups is 2. The van der Waals surface area contributed by atoms with Crippen molar-refractivity contribution in [3.05, 3.63) is 42.5 Å². The van der Waals surface area contributed by atoms with Crippen LogP contribution in [0, 0.1) is 5.92 Å². The molecule has 3 N–H and O–H groups in total. The van der Waals surface area contributed by atoms with Crippen molar-refractivity contribution in [3.8, 4) is 5.69 Å². The van der Waals surface area contributed by atoms with Crippen molar-refractivity contribution in [3.63, 3.8) is 0 Å². The van der Waals surface area contributed by atoms with Crippen LogP contribution in [0.15, 0.2) is 36.8 Å². The first-order chi connectivity index (χ1) is 11.1. The summed E-state index contributed by atoms with van der Waals surface area (Å²) in [6.45, 7) is 0. The van der Waals surface area contributed by atoms with Crippen molar-refractivity contribution in [1.82, 2.24) is 20.1 Å². The standard InChI is InChI=1S/C16H19N5O2/c17-15(22)12-4-1-2-5-13(12)20-16(23)14-10-11(6-8-18-14)21-9-3-7-19-21/h3,6-10,12-13H,1-2,4-5H2,(H2,17,22)(H,20,23)/t12-,13-/m1/s1. The first kappa shape index (κ1) is 15.2. The van der Waals surface area contributed by atoms with Crippen molar-refractivity contribution < 1.29 is 9.59 Å². The Morgan fingerprint density at radius 1 is 1.26 bits per heavy atom. The zero-order valence-corrected chi connectivity index (χ0v) is 12.7. The molecule has 1 fully saturated rings. The molecule has 0 aromatic carbocycles. The quantitative estimate of drug-likeness (QED) is 0.880. The summed E-state index contributed by atoms with van der Waals surface area (Å²) in [6.07, 6.45) is 8.46. The van der Waals surface area contributed by atoms with Gasteiger partial charge < -0.3 is 11.1 Å². The Bertz CT molecular complexity index is 698. The van der Waals surface area contributed by atoms with Gasteiger partial charge in [-0.1, -0.05) is 12.8 Å². The van der Waals surface area contributed by atoms with Gasteiger partial charge in [-0.2, -0.15) is 5.10 Å². The molecular weight excluding hydrogens is 294 g/mol. The van der Waals surface area contributed by atoms with Gasteiger partial charge in [-0.25, -0.2) is 4.68 Å². The van der Waals surface area contributed by atoms with E-state index in [0.717, 1.165) is 31.4 Å². The topological polar surface area (TPSA) is 103 Å². The maximum Gasteiger partial charge on any atom is 0.270 e. The predicted octanol–water partition coefficient (Wildman–Crippen LogP) is 1.04. The highest BCUT2D eigenvalue weighted by Gasteiger charge is 2.30. The van der Waals surface area contributed by atoms with Crippen molar-refractivity contribution in [2.24, 2.45) is 11.7 Å². The molecule has 1 aliphatic rings. The van der Waals surface area contributed by atoms with Crippen LogP contribution in [0.5, 0.6) is 0 Å². The van der Waals surface area contributed by atoms with Crippen LogP contribution < -0.4 is 11.1 Å². The number of amides is 2. The molecule has 7 heteroatoms. The third-order valence-corrected chi connectivity index (χ3v) is 4.19. The van der Waals surface area contributed by atoms with Crippen molar-refractivity contribution in [2.75, 3.05) is 0 Å². The van der Waals surface area contributed by atoms with Crippen LogP contribution in [0.3, 0.4) is 0 Å². The number of hydrogen-bond donors (Lipinski definition) is 2. The highest BCUT2D eigenvalue weighted by Crippen LogP contribution is 2.24. The number of nitrogens with two attached hydrogens (primary N) is 1. The Labute approximate surface area is 133 Å². The summed E-state index contributed by atoms with van der Waals surface area (Å²) < 4.78 is 1.66. The Balaban J connectivity index is 1.75. The average molecular weight is 313 g/mol. The second-order valence-corrected chi connectivity index (χ2v) is 5.72. The van der Waals surface area contributed by atoms with E-state index in [1.807, 2.05) is 0 Å². The second kappa shape index (κ2) is 6.60. The molecular formula is C16H19N5O2. The van der Waals surface area contributed by atoms with Gasteiger partial charge in [0.15, 0.2) is 0 Å². The molecule has 2 heterocycles. The highest BCUT2D eigenvalue weighted by molar-refractivity contribution is 5.93. The molecule has 0 spiro atoms. The number of hydrogen-bond acceptors (Lipinski definition) is 4. The molecule has 2 aromatic rings. The molecule has 0 unspecified atom stereocenters. The summed E-state index contributed by atoms with van der Waals surface area (Å²) in [6, 6.07) is 5.03.